The van der Waals surface area contributed by atoms with Gasteiger partial charge in [0.1, 0.15) is 18.5 Å². The molecule has 0 aliphatic rings. The number of hydrogen-bond acceptors (Lipinski definition) is 8. The highest BCUT2D eigenvalue weighted by atomic mass is 79.9. The van der Waals surface area contributed by atoms with Gasteiger partial charge in [-0.05, 0) is 42.0 Å². The van der Waals surface area contributed by atoms with Crippen molar-refractivity contribution in [2.75, 3.05) is 38.0 Å². The quantitative estimate of drug-likeness (QED) is 0.283. The molecule has 0 aliphatic carbocycles. The van der Waals surface area contributed by atoms with Crippen molar-refractivity contribution in [2.45, 2.75) is 18.6 Å². The molecule has 0 radical (unpaired) electrons. The van der Waals surface area contributed by atoms with Crippen molar-refractivity contribution in [2.24, 2.45) is 0 Å². The van der Waals surface area contributed by atoms with Gasteiger partial charge in [0, 0.05) is 23.7 Å². The van der Waals surface area contributed by atoms with E-state index in [1.807, 2.05) is 0 Å². The van der Waals surface area contributed by atoms with Gasteiger partial charge in [0.25, 0.3) is 0 Å². The molecule has 1 amide bonds. The molecule has 32 heavy (non-hydrogen) atoms. The zero-order chi connectivity index (χ0) is 23.3. The first-order valence-corrected chi connectivity index (χ1v) is 11.3. The lowest BCUT2D eigenvalue weighted by Gasteiger charge is -2.27. The summed E-state index contributed by atoms with van der Waals surface area (Å²) in [5.41, 5.74) is 1.19. The second-order valence-electron chi connectivity index (χ2n) is 6.54. The number of amides is 1. The summed E-state index contributed by atoms with van der Waals surface area (Å²) >= 11 is 7.23. The lowest BCUT2D eigenvalue weighted by molar-refractivity contribution is -0.141. The van der Waals surface area contributed by atoms with Gasteiger partial charge in [-0.3, -0.25) is 10.1 Å². The highest BCUT2D eigenvalue weighted by Gasteiger charge is 2.28. The third-order valence-electron chi connectivity index (χ3n) is 4.31. The molecule has 0 bridgehead atoms. The number of halogens is 1. The molecular weight excluding hydrogens is 502 g/mol. The minimum absolute atomic E-state index is 0.0303. The van der Waals surface area contributed by atoms with Gasteiger partial charge in [-0.2, -0.15) is 12.6 Å². The molecule has 2 atom stereocenters. The molecule has 0 fully saturated rings. The summed E-state index contributed by atoms with van der Waals surface area (Å²) in [6, 6.07) is 14.0. The Kier molecular flexibility index (Phi) is 11.4. The Morgan fingerprint density at radius 2 is 1.91 bits per heavy atom. The van der Waals surface area contributed by atoms with Crippen LogP contribution in [-0.4, -0.2) is 56.0 Å². The Morgan fingerprint density at radius 3 is 2.56 bits per heavy atom. The van der Waals surface area contributed by atoms with Crippen LogP contribution < -0.4 is 10.1 Å². The van der Waals surface area contributed by atoms with E-state index in [-0.39, 0.29) is 32.0 Å². The molecule has 174 valence electrons. The van der Waals surface area contributed by atoms with E-state index in [1.54, 1.807) is 48.5 Å². The third kappa shape index (κ3) is 8.70. The molecule has 0 saturated carbocycles. The number of aliphatic hydroxyl groups excluding tert-OH is 1. The Morgan fingerprint density at radius 1 is 1.16 bits per heavy atom. The van der Waals surface area contributed by atoms with E-state index in [2.05, 4.69) is 33.9 Å². The molecule has 0 aliphatic heterocycles. The zero-order valence-corrected chi connectivity index (χ0v) is 20.0. The summed E-state index contributed by atoms with van der Waals surface area (Å²) < 4.78 is 22.7. The maximum Gasteiger partial charge on any atom is 0.412 e. The van der Waals surface area contributed by atoms with Crippen LogP contribution in [0.2, 0.25) is 0 Å². The van der Waals surface area contributed by atoms with Gasteiger partial charge < -0.3 is 24.1 Å². The van der Waals surface area contributed by atoms with Gasteiger partial charge in [0.2, 0.25) is 0 Å². The molecular formula is C22H26BrNO7S. The van der Waals surface area contributed by atoms with Crippen LogP contribution in [0.15, 0.2) is 53.0 Å². The average Bonchev–Trinajstić information content (AvgIpc) is 2.80. The number of rotatable bonds is 12. The fraction of sp³-hybridized carbons (Fsp3) is 0.364. The number of anilines is 1. The standard InChI is InChI=1S/C22H26BrNO7S/c1-28-19(9-11-30-20(26)14-32)21(15-3-2-4-18(13-15)29-12-10-25)31-22(27)24-17-7-5-16(23)6-8-17/h2-8,13,19,21,25,32H,9-12,14H2,1H3,(H,24,27)/t19-,21-/m0/s1. The van der Waals surface area contributed by atoms with Crippen molar-refractivity contribution in [3.8, 4) is 5.75 Å². The first kappa shape index (κ1) is 26.0. The van der Waals surface area contributed by atoms with E-state index >= 15 is 0 Å². The van der Waals surface area contributed by atoms with Crippen LogP contribution in [0.1, 0.15) is 18.1 Å². The van der Waals surface area contributed by atoms with Crippen molar-refractivity contribution in [1.29, 1.82) is 0 Å². The lowest BCUT2D eigenvalue weighted by Crippen LogP contribution is -2.29. The van der Waals surface area contributed by atoms with Crippen molar-refractivity contribution in [3.63, 3.8) is 0 Å². The number of carbonyl (C=O) groups excluding carboxylic acids is 2. The molecule has 10 heteroatoms. The summed E-state index contributed by atoms with van der Waals surface area (Å²) in [5.74, 6) is 0.0279. The molecule has 2 aromatic rings. The molecule has 0 heterocycles. The fourth-order valence-corrected chi connectivity index (χ4v) is 3.18. The van der Waals surface area contributed by atoms with E-state index in [0.29, 0.717) is 17.0 Å². The minimum atomic E-state index is -0.817. The first-order chi connectivity index (χ1) is 15.5. The number of methoxy groups -OCH3 is 1. The van der Waals surface area contributed by atoms with Crippen molar-refractivity contribution in [1.82, 2.24) is 0 Å². The highest BCUT2D eigenvalue weighted by molar-refractivity contribution is 9.10. The van der Waals surface area contributed by atoms with E-state index < -0.39 is 24.3 Å². The molecule has 0 aromatic heterocycles. The molecule has 8 nitrogen and oxygen atoms in total. The topological polar surface area (TPSA) is 103 Å². The number of ether oxygens (including phenoxy) is 4. The molecule has 0 spiro atoms. The van der Waals surface area contributed by atoms with Crippen LogP contribution in [0.4, 0.5) is 10.5 Å². The summed E-state index contributed by atoms with van der Waals surface area (Å²) in [4.78, 5) is 24.0. The van der Waals surface area contributed by atoms with Crippen LogP contribution in [0.5, 0.6) is 5.75 Å². The van der Waals surface area contributed by atoms with Crippen LogP contribution in [-0.2, 0) is 19.0 Å². The van der Waals surface area contributed by atoms with Gasteiger partial charge >= 0.3 is 12.1 Å². The Bertz CT molecular complexity index is 866. The number of esters is 1. The average molecular weight is 528 g/mol. The molecule has 0 unspecified atom stereocenters. The van der Waals surface area contributed by atoms with Gasteiger partial charge in [-0.15, -0.1) is 0 Å². The van der Waals surface area contributed by atoms with Crippen molar-refractivity contribution < 1.29 is 33.6 Å². The van der Waals surface area contributed by atoms with Crippen LogP contribution in [0, 0.1) is 0 Å². The van der Waals surface area contributed by atoms with E-state index in [4.69, 9.17) is 24.1 Å². The molecule has 0 saturated heterocycles. The van der Waals surface area contributed by atoms with E-state index in [0.717, 1.165) is 4.47 Å². The molecule has 2 aromatic carbocycles. The fourth-order valence-electron chi connectivity index (χ4n) is 2.83. The Labute approximate surface area is 200 Å². The maximum atomic E-state index is 12.6. The van der Waals surface area contributed by atoms with Crippen molar-refractivity contribution in [3.05, 3.63) is 58.6 Å². The minimum Gasteiger partial charge on any atom is -0.491 e. The number of aliphatic hydroxyl groups is 1. The number of carbonyl (C=O) groups is 2. The smallest absolute Gasteiger partial charge is 0.412 e. The SMILES string of the molecule is CO[C@@H](CCOC(=O)CS)[C@@H](OC(=O)Nc1ccc(Br)cc1)c1cccc(OCCO)c1. The second kappa shape index (κ2) is 14.0. The summed E-state index contributed by atoms with van der Waals surface area (Å²) in [6.45, 7) is 0.0795. The molecule has 2 N–H and O–H groups in total. The number of benzene rings is 2. The normalized spacial score (nSPS) is 12.5. The summed E-state index contributed by atoms with van der Waals surface area (Å²) in [5, 5.41) is 11.7. The Hall–Kier alpha value is -2.27. The zero-order valence-electron chi connectivity index (χ0n) is 17.5. The molecule has 2 rings (SSSR count). The van der Waals surface area contributed by atoms with E-state index in [1.165, 1.54) is 7.11 Å². The summed E-state index contributed by atoms with van der Waals surface area (Å²) in [6.07, 6.45) is -1.81. The monoisotopic (exact) mass is 527 g/mol. The predicted octanol–water partition coefficient (Wildman–Crippen LogP) is 3.99. The third-order valence-corrected chi connectivity index (χ3v) is 5.09. The number of hydrogen-bond donors (Lipinski definition) is 3. The first-order valence-electron chi connectivity index (χ1n) is 9.83. The van der Waals surface area contributed by atoms with Gasteiger partial charge in [-0.1, -0.05) is 28.1 Å². The Balaban J connectivity index is 2.19. The second-order valence-corrected chi connectivity index (χ2v) is 7.78. The van der Waals surface area contributed by atoms with Crippen LogP contribution >= 0.6 is 28.6 Å². The van der Waals surface area contributed by atoms with Gasteiger partial charge in [-0.25, -0.2) is 4.79 Å². The largest absolute Gasteiger partial charge is 0.491 e. The maximum absolute atomic E-state index is 12.6. The van der Waals surface area contributed by atoms with Gasteiger partial charge in [0.05, 0.1) is 19.0 Å². The summed E-state index contributed by atoms with van der Waals surface area (Å²) in [7, 11) is 1.49. The number of nitrogens with one attached hydrogen (secondary N) is 1. The van der Waals surface area contributed by atoms with Crippen LogP contribution in [0.3, 0.4) is 0 Å². The van der Waals surface area contributed by atoms with Crippen LogP contribution in [0.25, 0.3) is 0 Å². The predicted molar refractivity (Wildman–Crippen MR) is 126 cm³/mol. The number of thiol groups is 1. The van der Waals surface area contributed by atoms with Gasteiger partial charge in [0.15, 0.2) is 6.10 Å². The van der Waals surface area contributed by atoms with E-state index in [9.17, 15) is 9.59 Å². The lowest BCUT2D eigenvalue weighted by atomic mass is 10.0. The van der Waals surface area contributed by atoms with Crippen molar-refractivity contribution >= 4 is 46.3 Å². The highest BCUT2D eigenvalue weighted by Crippen LogP contribution is 2.29.